The number of aryl methyl sites for hydroxylation is 1. The Labute approximate surface area is 119 Å². The van der Waals surface area contributed by atoms with Crippen molar-refractivity contribution in [2.75, 3.05) is 5.32 Å². The van der Waals surface area contributed by atoms with Crippen molar-refractivity contribution in [2.24, 2.45) is 0 Å². The van der Waals surface area contributed by atoms with Gasteiger partial charge in [-0.15, -0.1) is 11.3 Å². The highest BCUT2D eigenvalue weighted by Crippen LogP contribution is 2.26. The summed E-state index contributed by atoms with van der Waals surface area (Å²) in [6.45, 7) is 1.82. The van der Waals surface area contributed by atoms with Gasteiger partial charge in [-0.3, -0.25) is 4.79 Å². The lowest BCUT2D eigenvalue weighted by Crippen LogP contribution is -2.11. The van der Waals surface area contributed by atoms with E-state index in [1.54, 1.807) is 6.20 Å². The zero-order chi connectivity index (χ0) is 14.1. The molecular weight excluding hydrogens is 270 g/mol. The van der Waals surface area contributed by atoms with E-state index in [2.05, 4.69) is 16.4 Å². The topological polar surface area (TPSA) is 68.7 Å². The molecule has 5 heteroatoms. The molecule has 1 aromatic carbocycles. The first-order valence-corrected chi connectivity index (χ1v) is 6.88. The molecule has 0 saturated carbocycles. The second-order valence-corrected chi connectivity index (χ2v) is 5.52. The number of carbonyl (C=O) groups excluding carboxylic acids is 1. The summed E-state index contributed by atoms with van der Waals surface area (Å²) < 4.78 is 1.07. The number of thiophene rings is 1. The molecule has 1 amide bonds. The van der Waals surface area contributed by atoms with Crippen LogP contribution < -0.4 is 5.32 Å². The Hall–Kier alpha value is -2.58. The van der Waals surface area contributed by atoms with Gasteiger partial charge in [0.2, 0.25) is 0 Å². The average Bonchev–Trinajstić information content (AvgIpc) is 3.02. The van der Waals surface area contributed by atoms with Gasteiger partial charge in [-0.25, -0.2) is 0 Å². The Morgan fingerprint density at radius 2 is 2.20 bits per heavy atom. The van der Waals surface area contributed by atoms with E-state index in [-0.39, 0.29) is 5.91 Å². The SMILES string of the molecule is Cc1c[nH]c(NC(=O)c2cc3ccccc3s2)c1C#N. The fraction of sp³-hybridized carbons (Fsp3) is 0.0667. The molecule has 0 aliphatic carbocycles. The molecule has 2 N–H and O–H groups in total. The largest absolute Gasteiger partial charge is 0.347 e. The summed E-state index contributed by atoms with van der Waals surface area (Å²) in [6.07, 6.45) is 1.71. The van der Waals surface area contributed by atoms with E-state index >= 15 is 0 Å². The van der Waals surface area contributed by atoms with Crippen LogP contribution >= 0.6 is 11.3 Å². The van der Waals surface area contributed by atoms with Crippen LogP contribution in [0.2, 0.25) is 0 Å². The Bertz CT molecular complexity index is 805. The number of anilines is 1. The van der Waals surface area contributed by atoms with Crippen molar-refractivity contribution in [1.29, 1.82) is 5.26 Å². The fourth-order valence-corrected chi connectivity index (χ4v) is 2.99. The van der Waals surface area contributed by atoms with Crippen LogP contribution in [-0.4, -0.2) is 10.9 Å². The molecule has 0 unspecified atom stereocenters. The van der Waals surface area contributed by atoms with Gasteiger partial charge in [-0.1, -0.05) is 18.2 Å². The summed E-state index contributed by atoms with van der Waals surface area (Å²) >= 11 is 1.44. The summed E-state index contributed by atoms with van der Waals surface area (Å²) in [6, 6.07) is 11.8. The van der Waals surface area contributed by atoms with E-state index in [1.165, 1.54) is 11.3 Å². The second kappa shape index (κ2) is 4.83. The smallest absolute Gasteiger partial charge is 0.266 e. The van der Waals surface area contributed by atoms with Crippen molar-refractivity contribution in [2.45, 2.75) is 6.92 Å². The molecule has 2 aromatic heterocycles. The van der Waals surface area contributed by atoms with Gasteiger partial charge in [0.25, 0.3) is 5.91 Å². The molecule has 0 bridgehead atoms. The number of benzene rings is 1. The molecule has 0 saturated heterocycles. The van der Waals surface area contributed by atoms with Gasteiger partial charge in [0.1, 0.15) is 11.9 Å². The van der Waals surface area contributed by atoms with Crippen molar-refractivity contribution in [3.05, 3.63) is 52.5 Å². The van der Waals surface area contributed by atoms with Gasteiger partial charge < -0.3 is 10.3 Å². The molecule has 2 heterocycles. The van der Waals surface area contributed by atoms with Gasteiger partial charge in [0.15, 0.2) is 0 Å². The number of fused-ring (bicyclic) bond motifs is 1. The van der Waals surface area contributed by atoms with E-state index in [1.807, 2.05) is 37.3 Å². The summed E-state index contributed by atoms with van der Waals surface area (Å²) in [5.41, 5.74) is 1.29. The molecule has 0 aliphatic rings. The summed E-state index contributed by atoms with van der Waals surface area (Å²) in [4.78, 5) is 15.8. The Kier molecular flexibility index (Phi) is 3.01. The molecule has 0 atom stereocenters. The maximum atomic E-state index is 12.2. The zero-order valence-electron chi connectivity index (χ0n) is 10.7. The highest BCUT2D eigenvalue weighted by molar-refractivity contribution is 7.20. The molecule has 0 radical (unpaired) electrons. The van der Waals surface area contributed by atoms with Gasteiger partial charge in [0, 0.05) is 10.9 Å². The number of hydrogen-bond acceptors (Lipinski definition) is 3. The van der Waals surface area contributed by atoms with Crippen LogP contribution in [-0.2, 0) is 0 Å². The molecule has 0 aliphatic heterocycles. The third-order valence-corrected chi connectivity index (χ3v) is 4.19. The van der Waals surface area contributed by atoms with E-state index in [0.717, 1.165) is 15.6 Å². The van der Waals surface area contributed by atoms with Crippen LogP contribution in [0.25, 0.3) is 10.1 Å². The van der Waals surface area contributed by atoms with Crippen molar-refractivity contribution in [3.63, 3.8) is 0 Å². The first-order chi connectivity index (χ1) is 9.69. The Balaban J connectivity index is 1.91. The van der Waals surface area contributed by atoms with Gasteiger partial charge in [-0.05, 0) is 30.0 Å². The van der Waals surface area contributed by atoms with Crippen molar-refractivity contribution < 1.29 is 4.79 Å². The number of hydrogen-bond donors (Lipinski definition) is 2. The molecule has 3 rings (SSSR count). The number of amides is 1. The maximum Gasteiger partial charge on any atom is 0.266 e. The fourth-order valence-electron chi connectivity index (χ4n) is 2.03. The molecule has 3 aromatic rings. The first kappa shape index (κ1) is 12.5. The standard InChI is InChI=1S/C15H11N3OS/c1-9-8-17-14(11(9)7-16)18-15(19)13-6-10-4-2-3-5-12(10)20-13/h2-6,8,17H,1H3,(H,18,19). The number of nitriles is 1. The maximum absolute atomic E-state index is 12.2. The Morgan fingerprint density at radius 3 is 2.95 bits per heavy atom. The lowest BCUT2D eigenvalue weighted by molar-refractivity contribution is 0.103. The van der Waals surface area contributed by atoms with Crippen LogP contribution in [0, 0.1) is 18.3 Å². The normalized spacial score (nSPS) is 10.4. The van der Waals surface area contributed by atoms with Crippen LogP contribution in [0.5, 0.6) is 0 Å². The first-order valence-electron chi connectivity index (χ1n) is 6.07. The highest BCUT2D eigenvalue weighted by Gasteiger charge is 2.14. The summed E-state index contributed by atoms with van der Waals surface area (Å²) in [7, 11) is 0. The van der Waals surface area contributed by atoms with Crippen LogP contribution in [0.4, 0.5) is 5.82 Å². The molecule has 0 spiro atoms. The number of H-pyrrole nitrogens is 1. The minimum absolute atomic E-state index is 0.204. The number of aromatic amines is 1. The zero-order valence-corrected chi connectivity index (χ0v) is 11.5. The minimum atomic E-state index is -0.204. The second-order valence-electron chi connectivity index (χ2n) is 4.44. The third-order valence-electron chi connectivity index (χ3n) is 3.08. The monoisotopic (exact) mass is 281 g/mol. The van der Waals surface area contributed by atoms with Crippen molar-refractivity contribution in [1.82, 2.24) is 4.98 Å². The summed E-state index contributed by atoms with van der Waals surface area (Å²) in [5.74, 6) is 0.247. The van der Waals surface area contributed by atoms with Crippen LogP contribution in [0.3, 0.4) is 0 Å². The van der Waals surface area contributed by atoms with Crippen LogP contribution in [0.1, 0.15) is 20.8 Å². The minimum Gasteiger partial charge on any atom is -0.347 e. The lowest BCUT2D eigenvalue weighted by Gasteiger charge is -2.01. The highest BCUT2D eigenvalue weighted by atomic mass is 32.1. The lowest BCUT2D eigenvalue weighted by atomic mass is 10.2. The molecule has 0 fully saturated rings. The number of nitrogens with zero attached hydrogens (tertiary/aromatic N) is 1. The van der Waals surface area contributed by atoms with Gasteiger partial charge in [0.05, 0.1) is 10.4 Å². The number of nitrogens with one attached hydrogen (secondary N) is 2. The predicted molar refractivity (Wildman–Crippen MR) is 80.0 cm³/mol. The quantitative estimate of drug-likeness (QED) is 0.752. The molecular formula is C15H11N3OS. The van der Waals surface area contributed by atoms with E-state index in [4.69, 9.17) is 5.26 Å². The third kappa shape index (κ3) is 2.06. The number of rotatable bonds is 2. The van der Waals surface area contributed by atoms with Crippen molar-refractivity contribution in [3.8, 4) is 6.07 Å². The molecule has 98 valence electrons. The Morgan fingerprint density at radius 1 is 1.40 bits per heavy atom. The average molecular weight is 281 g/mol. The van der Waals surface area contributed by atoms with Crippen LogP contribution in [0.15, 0.2) is 36.5 Å². The molecule has 4 nitrogen and oxygen atoms in total. The predicted octanol–water partition coefficient (Wildman–Crippen LogP) is 3.66. The number of carbonyl (C=O) groups is 1. The molecule has 20 heavy (non-hydrogen) atoms. The van der Waals surface area contributed by atoms with E-state index in [0.29, 0.717) is 16.3 Å². The van der Waals surface area contributed by atoms with Crippen molar-refractivity contribution >= 4 is 33.1 Å². The van der Waals surface area contributed by atoms with E-state index < -0.39 is 0 Å². The summed E-state index contributed by atoms with van der Waals surface area (Å²) in [5, 5.41) is 12.9. The van der Waals surface area contributed by atoms with Gasteiger partial charge in [-0.2, -0.15) is 5.26 Å². The van der Waals surface area contributed by atoms with E-state index in [9.17, 15) is 4.79 Å². The van der Waals surface area contributed by atoms with Gasteiger partial charge >= 0.3 is 0 Å². The number of aromatic nitrogens is 1.